The zero-order valence-electron chi connectivity index (χ0n) is 14.9. The van der Waals surface area contributed by atoms with E-state index < -0.39 is 11.9 Å². The second-order valence-corrected chi connectivity index (χ2v) is 6.83. The van der Waals surface area contributed by atoms with Gasteiger partial charge in [-0.3, -0.25) is 9.78 Å². The molecule has 1 amide bonds. The van der Waals surface area contributed by atoms with Gasteiger partial charge in [0.2, 0.25) is 5.76 Å². The summed E-state index contributed by atoms with van der Waals surface area (Å²) in [6, 6.07) is 6.49. The molecule has 27 heavy (non-hydrogen) atoms. The second-order valence-electron chi connectivity index (χ2n) is 6.83. The summed E-state index contributed by atoms with van der Waals surface area (Å²) in [7, 11) is 0. The first kappa shape index (κ1) is 17.5. The van der Waals surface area contributed by atoms with E-state index in [-0.39, 0.29) is 23.9 Å². The van der Waals surface area contributed by atoms with Crippen LogP contribution in [0.3, 0.4) is 0 Å². The monoisotopic (exact) mass is 369 g/mol. The number of rotatable bonds is 3. The Morgan fingerprint density at radius 2 is 2.26 bits per heavy atom. The number of benzene rings is 1. The molecule has 0 saturated carbocycles. The summed E-state index contributed by atoms with van der Waals surface area (Å²) in [5, 5.41) is 13.5. The Morgan fingerprint density at radius 3 is 3.04 bits per heavy atom. The van der Waals surface area contributed by atoms with Crippen LogP contribution in [0.1, 0.15) is 29.0 Å². The predicted octanol–water partition coefficient (Wildman–Crippen LogP) is 3.62. The van der Waals surface area contributed by atoms with E-state index in [0.717, 1.165) is 12.0 Å². The van der Waals surface area contributed by atoms with E-state index in [0.29, 0.717) is 29.6 Å². The molecule has 1 atom stereocenters. The number of halogens is 1. The number of carbonyl (C=O) groups excluding carboxylic acids is 1. The van der Waals surface area contributed by atoms with E-state index >= 15 is 0 Å². The number of nitrogens with zero attached hydrogens (tertiary/aromatic N) is 2. The van der Waals surface area contributed by atoms with Gasteiger partial charge in [-0.1, -0.05) is 6.07 Å². The van der Waals surface area contributed by atoms with E-state index in [1.165, 1.54) is 6.07 Å². The molecule has 1 unspecified atom stereocenters. The summed E-state index contributed by atoms with van der Waals surface area (Å²) < 4.78 is 20.1. The highest BCUT2D eigenvalue weighted by atomic mass is 19.1. The van der Waals surface area contributed by atoms with Crippen LogP contribution in [0.25, 0.3) is 11.0 Å². The van der Waals surface area contributed by atoms with Gasteiger partial charge in [0.15, 0.2) is 0 Å². The number of hydrogen-bond acceptors (Lipinski definition) is 5. The van der Waals surface area contributed by atoms with Gasteiger partial charge in [-0.05, 0) is 43.5 Å². The molecule has 2 aromatic heterocycles. The minimum absolute atomic E-state index is 0.0899. The van der Waals surface area contributed by atoms with Gasteiger partial charge in [-0.2, -0.15) is 0 Å². The fourth-order valence-corrected chi connectivity index (χ4v) is 3.36. The maximum Gasteiger partial charge on any atom is 0.291 e. The van der Waals surface area contributed by atoms with Crippen molar-refractivity contribution < 1.29 is 18.7 Å². The quantitative estimate of drug-likeness (QED) is 0.737. The predicted molar refractivity (Wildman–Crippen MR) is 99.6 cm³/mol. The molecule has 2 N–H and O–H groups in total. The molecule has 0 aliphatic carbocycles. The molecule has 7 heteroatoms. The lowest BCUT2D eigenvalue weighted by atomic mass is 10.1. The molecule has 4 rings (SSSR count). The largest absolute Gasteiger partial charge is 0.448 e. The molecule has 6 nitrogen and oxygen atoms in total. The third kappa shape index (κ3) is 3.38. The number of hydrogen-bond donors (Lipinski definition) is 2. The molecule has 3 heterocycles. The van der Waals surface area contributed by atoms with Crippen molar-refractivity contribution in [3.8, 4) is 0 Å². The van der Waals surface area contributed by atoms with Crippen molar-refractivity contribution in [3.63, 3.8) is 0 Å². The van der Waals surface area contributed by atoms with Crippen molar-refractivity contribution in [2.24, 2.45) is 0 Å². The number of fused-ring (bicyclic) bond motifs is 1. The lowest BCUT2D eigenvalue weighted by Gasteiger charge is -2.29. The van der Waals surface area contributed by atoms with Gasteiger partial charge in [0.25, 0.3) is 5.91 Å². The van der Waals surface area contributed by atoms with Gasteiger partial charge in [0, 0.05) is 25.5 Å². The number of pyridine rings is 1. The Labute approximate surface area is 155 Å². The standard InChI is InChI=1S/C20H20FN3O3/c1-12-4-5-16(15(21)9-12)23-18-14-10-22-7-6-17(14)27-19(18)20(26)24-8-2-3-13(25)11-24/h4-7,9-10,13,23,25H,2-3,8,11H2,1H3. The number of β-amino-alcohol motifs (C(OH)–C–C–N with tert-alkyl or cyclic N) is 1. The first-order chi connectivity index (χ1) is 13.0. The van der Waals surface area contributed by atoms with Crippen LogP contribution in [-0.2, 0) is 0 Å². The smallest absolute Gasteiger partial charge is 0.291 e. The van der Waals surface area contributed by atoms with Gasteiger partial charge >= 0.3 is 0 Å². The zero-order chi connectivity index (χ0) is 19.0. The summed E-state index contributed by atoms with van der Waals surface area (Å²) in [6.07, 6.45) is 4.01. The molecular weight excluding hydrogens is 349 g/mol. The van der Waals surface area contributed by atoms with Crippen LogP contribution < -0.4 is 5.32 Å². The van der Waals surface area contributed by atoms with Crippen LogP contribution in [0.5, 0.6) is 0 Å². The first-order valence-corrected chi connectivity index (χ1v) is 8.90. The van der Waals surface area contributed by atoms with E-state index in [9.17, 15) is 14.3 Å². The fourth-order valence-electron chi connectivity index (χ4n) is 3.36. The molecule has 140 valence electrons. The van der Waals surface area contributed by atoms with E-state index in [1.807, 2.05) is 0 Å². The van der Waals surface area contributed by atoms with Crippen molar-refractivity contribution in [1.82, 2.24) is 9.88 Å². The molecule has 1 saturated heterocycles. The molecule has 3 aromatic rings. The first-order valence-electron chi connectivity index (χ1n) is 8.90. The topological polar surface area (TPSA) is 78.6 Å². The maximum atomic E-state index is 14.3. The van der Waals surface area contributed by atoms with Crippen LogP contribution >= 0.6 is 0 Å². The van der Waals surface area contributed by atoms with Crippen molar-refractivity contribution in [2.75, 3.05) is 18.4 Å². The lowest BCUT2D eigenvalue weighted by Crippen LogP contribution is -2.42. The Balaban J connectivity index is 1.76. The summed E-state index contributed by atoms with van der Waals surface area (Å²) in [4.78, 5) is 18.7. The normalized spacial score (nSPS) is 17.3. The highest BCUT2D eigenvalue weighted by Crippen LogP contribution is 2.34. The fraction of sp³-hybridized carbons (Fsp3) is 0.300. The highest BCUT2D eigenvalue weighted by molar-refractivity contribution is 6.07. The minimum Gasteiger partial charge on any atom is -0.448 e. The van der Waals surface area contributed by atoms with Crippen LogP contribution in [0, 0.1) is 12.7 Å². The third-order valence-corrected chi connectivity index (χ3v) is 4.75. The molecule has 0 radical (unpaired) electrons. The van der Waals surface area contributed by atoms with Crippen molar-refractivity contribution in [2.45, 2.75) is 25.9 Å². The SMILES string of the molecule is Cc1ccc(Nc2c(C(=O)N3CCCC(O)C3)oc3ccncc23)c(F)c1. The summed E-state index contributed by atoms with van der Waals surface area (Å²) in [5.74, 6) is -0.660. The Bertz CT molecular complexity index is 1000. The number of aromatic nitrogens is 1. The number of furan rings is 1. The number of aliphatic hydroxyl groups is 1. The Morgan fingerprint density at radius 1 is 1.41 bits per heavy atom. The molecule has 1 aromatic carbocycles. The van der Waals surface area contributed by atoms with Crippen molar-refractivity contribution in [1.29, 1.82) is 0 Å². The molecule has 0 bridgehead atoms. The van der Waals surface area contributed by atoms with Gasteiger partial charge in [0.05, 0.1) is 17.2 Å². The maximum absolute atomic E-state index is 14.3. The number of piperidine rings is 1. The van der Waals surface area contributed by atoms with Gasteiger partial charge < -0.3 is 19.7 Å². The highest BCUT2D eigenvalue weighted by Gasteiger charge is 2.29. The molecule has 0 spiro atoms. The van der Waals surface area contributed by atoms with Gasteiger partial charge in [0.1, 0.15) is 17.1 Å². The third-order valence-electron chi connectivity index (χ3n) is 4.75. The van der Waals surface area contributed by atoms with E-state index in [1.54, 1.807) is 42.4 Å². The Kier molecular flexibility index (Phi) is 4.53. The Hall–Kier alpha value is -2.93. The van der Waals surface area contributed by atoms with E-state index in [2.05, 4.69) is 10.3 Å². The summed E-state index contributed by atoms with van der Waals surface area (Å²) >= 11 is 0. The number of likely N-dealkylation sites (tertiary alicyclic amines) is 1. The number of amides is 1. The summed E-state index contributed by atoms with van der Waals surface area (Å²) in [6.45, 7) is 2.61. The van der Waals surface area contributed by atoms with Gasteiger partial charge in [-0.25, -0.2) is 4.39 Å². The number of aliphatic hydroxyl groups excluding tert-OH is 1. The molecule has 1 aliphatic rings. The lowest BCUT2D eigenvalue weighted by molar-refractivity contribution is 0.0451. The molecule has 1 aliphatic heterocycles. The number of anilines is 2. The number of nitrogens with one attached hydrogen (secondary N) is 1. The van der Waals surface area contributed by atoms with Crippen LogP contribution in [0.15, 0.2) is 41.1 Å². The van der Waals surface area contributed by atoms with Crippen LogP contribution in [0.4, 0.5) is 15.8 Å². The van der Waals surface area contributed by atoms with Gasteiger partial charge in [-0.15, -0.1) is 0 Å². The average molecular weight is 369 g/mol. The average Bonchev–Trinajstić information content (AvgIpc) is 3.02. The van der Waals surface area contributed by atoms with Crippen molar-refractivity contribution >= 4 is 28.3 Å². The summed E-state index contributed by atoms with van der Waals surface area (Å²) in [5.41, 5.74) is 1.92. The van der Waals surface area contributed by atoms with Crippen molar-refractivity contribution in [3.05, 3.63) is 53.8 Å². The second kappa shape index (κ2) is 7.00. The minimum atomic E-state index is -0.542. The van der Waals surface area contributed by atoms with Crippen LogP contribution in [-0.4, -0.2) is 40.1 Å². The van der Waals surface area contributed by atoms with E-state index in [4.69, 9.17) is 4.42 Å². The number of carbonyl (C=O) groups is 1. The number of aryl methyl sites for hydroxylation is 1. The molecular formula is C20H20FN3O3. The van der Waals surface area contributed by atoms with Crippen LogP contribution in [0.2, 0.25) is 0 Å². The molecule has 1 fully saturated rings. The zero-order valence-corrected chi connectivity index (χ0v) is 14.9.